The van der Waals surface area contributed by atoms with E-state index in [1.807, 2.05) is 0 Å². The van der Waals surface area contributed by atoms with Crippen molar-refractivity contribution in [3.8, 4) is 5.75 Å². The van der Waals surface area contributed by atoms with Gasteiger partial charge in [-0.1, -0.05) is 11.6 Å². The highest BCUT2D eigenvalue weighted by atomic mass is 35.5. The van der Waals surface area contributed by atoms with Crippen LogP contribution in [0.3, 0.4) is 0 Å². The second kappa shape index (κ2) is 6.73. The van der Waals surface area contributed by atoms with Crippen LogP contribution in [0.25, 0.3) is 0 Å². The predicted octanol–water partition coefficient (Wildman–Crippen LogP) is 1.87. The molecule has 0 spiro atoms. The number of amides is 1. The standard InChI is InChI=1S/C13H15ClN2O5/c1-9(13(17)15-4-6-20-7-5-15)21-12-8-10(16(18)19)2-3-11(12)14/h2-3,8-9H,4-7H2,1H3. The van der Waals surface area contributed by atoms with Gasteiger partial charge in [-0.15, -0.1) is 0 Å². The second-order valence-electron chi connectivity index (χ2n) is 4.57. The zero-order chi connectivity index (χ0) is 15.4. The number of nitro benzene ring substituents is 1. The third-order valence-electron chi connectivity index (χ3n) is 3.10. The SMILES string of the molecule is CC(Oc1cc([N+](=O)[O-])ccc1Cl)C(=O)N1CCOCC1. The summed E-state index contributed by atoms with van der Waals surface area (Å²) in [5, 5.41) is 11.0. The Kier molecular flexibility index (Phi) is 4.98. The van der Waals surface area contributed by atoms with Gasteiger partial charge in [0, 0.05) is 19.2 Å². The lowest BCUT2D eigenvalue weighted by atomic mass is 10.2. The van der Waals surface area contributed by atoms with Crippen LogP contribution < -0.4 is 4.74 Å². The number of rotatable bonds is 4. The molecule has 0 bridgehead atoms. The Bertz CT molecular complexity index is 545. The Hall–Kier alpha value is -1.86. The van der Waals surface area contributed by atoms with Gasteiger partial charge in [0.1, 0.15) is 5.75 Å². The summed E-state index contributed by atoms with van der Waals surface area (Å²) in [7, 11) is 0. The van der Waals surface area contributed by atoms with Crippen molar-refractivity contribution in [2.24, 2.45) is 0 Å². The number of hydrogen-bond acceptors (Lipinski definition) is 5. The number of nitrogens with zero attached hydrogens (tertiary/aromatic N) is 2. The van der Waals surface area contributed by atoms with E-state index in [0.29, 0.717) is 26.3 Å². The smallest absolute Gasteiger partial charge is 0.273 e. The summed E-state index contributed by atoms with van der Waals surface area (Å²) in [6.45, 7) is 3.60. The lowest BCUT2D eigenvalue weighted by Gasteiger charge is -2.29. The lowest BCUT2D eigenvalue weighted by Crippen LogP contribution is -2.46. The Labute approximate surface area is 126 Å². The molecule has 1 amide bonds. The van der Waals surface area contributed by atoms with E-state index >= 15 is 0 Å². The van der Waals surface area contributed by atoms with E-state index in [-0.39, 0.29) is 22.4 Å². The van der Waals surface area contributed by atoms with E-state index in [2.05, 4.69) is 0 Å². The van der Waals surface area contributed by atoms with Gasteiger partial charge in [0.05, 0.1) is 29.2 Å². The molecule has 1 heterocycles. The Morgan fingerprint density at radius 3 is 2.76 bits per heavy atom. The van der Waals surface area contributed by atoms with Gasteiger partial charge >= 0.3 is 0 Å². The Balaban J connectivity index is 2.07. The van der Waals surface area contributed by atoms with E-state index in [1.54, 1.807) is 11.8 Å². The molecule has 7 nitrogen and oxygen atoms in total. The average molecular weight is 315 g/mol. The molecule has 1 aromatic carbocycles. The van der Waals surface area contributed by atoms with Gasteiger partial charge in [-0.05, 0) is 13.0 Å². The summed E-state index contributed by atoms with van der Waals surface area (Å²) >= 11 is 5.94. The van der Waals surface area contributed by atoms with E-state index in [1.165, 1.54) is 18.2 Å². The molecule has 1 saturated heterocycles. The van der Waals surface area contributed by atoms with Crippen LogP contribution in [0.4, 0.5) is 5.69 Å². The number of morpholine rings is 1. The minimum atomic E-state index is -0.775. The number of halogens is 1. The van der Waals surface area contributed by atoms with Crippen molar-refractivity contribution in [3.63, 3.8) is 0 Å². The summed E-state index contributed by atoms with van der Waals surface area (Å²) < 4.78 is 10.7. The molecule has 0 radical (unpaired) electrons. The molecule has 1 aliphatic heterocycles. The first-order valence-corrected chi connectivity index (χ1v) is 6.84. The zero-order valence-electron chi connectivity index (χ0n) is 11.5. The maximum absolute atomic E-state index is 12.2. The van der Waals surface area contributed by atoms with Crippen LogP contribution in [-0.2, 0) is 9.53 Å². The average Bonchev–Trinajstić information content (AvgIpc) is 2.49. The van der Waals surface area contributed by atoms with Gasteiger partial charge in [-0.3, -0.25) is 14.9 Å². The Morgan fingerprint density at radius 2 is 2.14 bits per heavy atom. The molecule has 0 saturated carbocycles. The number of benzene rings is 1. The highest BCUT2D eigenvalue weighted by Gasteiger charge is 2.25. The van der Waals surface area contributed by atoms with E-state index in [0.717, 1.165) is 0 Å². The maximum Gasteiger partial charge on any atom is 0.273 e. The van der Waals surface area contributed by atoms with Crippen LogP contribution in [0, 0.1) is 10.1 Å². The van der Waals surface area contributed by atoms with Crippen molar-refractivity contribution in [1.29, 1.82) is 0 Å². The first kappa shape index (κ1) is 15.5. The van der Waals surface area contributed by atoms with Gasteiger partial charge in [-0.2, -0.15) is 0 Å². The minimum Gasteiger partial charge on any atom is -0.479 e. The largest absolute Gasteiger partial charge is 0.479 e. The molecule has 8 heteroatoms. The topological polar surface area (TPSA) is 81.9 Å². The molecule has 0 aliphatic carbocycles. The second-order valence-corrected chi connectivity index (χ2v) is 4.98. The molecule has 2 rings (SSSR count). The number of carbonyl (C=O) groups is 1. The van der Waals surface area contributed by atoms with E-state index in [9.17, 15) is 14.9 Å². The zero-order valence-corrected chi connectivity index (χ0v) is 12.2. The van der Waals surface area contributed by atoms with Gasteiger partial charge < -0.3 is 14.4 Å². The van der Waals surface area contributed by atoms with Crippen LogP contribution in [0.5, 0.6) is 5.75 Å². The monoisotopic (exact) mass is 314 g/mol. The molecule has 1 aromatic rings. The van der Waals surface area contributed by atoms with Crippen LogP contribution in [0.15, 0.2) is 18.2 Å². The number of non-ortho nitro benzene ring substituents is 1. The fraction of sp³-hybridized carbons (Fsp3) is 0.462. The van der Waals surface area contributed by atoms with E-state index in [4.69, 9.17) is 21.1 Å². The van der Waals surface area contributed by atoms with Crippen LogP contribution in [-0.4, -0.2) is 48.1 Å². The van der Waals surface area contributed by atoms with Crippen LogP contribution in [0.2, 0.25) is 5.02 Å². The fourth-order valence-electron chi connectivity index (χ4n) is 1.98. The molecule has 1 aliphatic rings. The maximum atomic E-state index is 12.2. The molecular weight excluding hydrogens is 300 g/mol. The molecular formula is C13H15ClN2O5. The van der Waals surface area contributed by atoms with Gasteiger partial charge in [-0.25, -0.2) is 0 Å². The van der Waals surface area contributed by atoms with Crippen molar-refractivity contribution < 1.29 is 19.2 Å². The molecule has 0 aromatic heterocycles. The minimum absolute atomic E-state index is 0.125. The van der Waals surface area contributed by atoms with Gasteiger partial charge in [0.15, 0.2) is 6.10 Å². The summed E-state index contributed by atoms with van der Waals surface area (Å²) in [4.78, 5) is 24.0. The van der Waals surface area contributed by atoms with Crippen LogP contribution in [0.1, 0.15) is 6.92 Å². The third kappa shape index (κ3) is 3.83. The lowest BCUT2D eigenvalue weighted by molar-refractivity contribution is -0.384. The Morgan fingerprint density at radius 1 is 1.48 bits per heavy atom. The first-order chi connectivity index (χ1) is 9.99. The summed E-state index contributed by atoms with van der Waals surface area (Å²) in [5.74, 6) is -0.0687. The van der Waals surface area contributed by atoms with Crippen molar-refractivity contribution in [2.75, 3.05) is 26.3 Å². The molecule has 1 unspecified atom stereocenters. The van der Waals surface area contributed by atoms with Crippen molar-refractivity contribution in [1.82, 2.24) is 4.90 Å². The summed E-state index contributed by atoms with van der Waals surface area (Å²) in [6, 6.07) is 3.87. The molecule has 0 N–H and O–H groups in total. The fourth-order valence-corrected chi connectivity index (χ4v) is 2.14. The van der Waals surface area contributed by atoms with Crippen molar-refractivity contribution in [2.45, 2.75) is 13.0 Å². The highest BCUT2D eigenvalue weighted by molar-refractivity contribution is 6.32. The molecule has 21 heavy (non-hydrogen) atoms. The van der Waals surface area contributed by atoms with Crippen molar-refractivity contribution in [3.05, 3.63) is 33.3 Å². The van der Waals surface area contributed by atoms with Crippen LogP contribution >= 0.6 is 11.6 Å². The normalized spacial score (nSPS) is 16.4. The number of nitro groups is 1. The number of hydrogen-bond donors (Lipinski definition) is 0. The van der Waals surface area contributed by atoms with E-state index < -0.39 is 11.0 Å². The molecule has 1 fully saturated rings. The van der Waals surface area contributed by atoms with Gasteiger partial charge in [0.25, 0.3) is 11.6 Å². The quantitative estimate of drug-likeness (QED) is 0.626. The predicted molar refractivity (Wildman–Crippen MR) is 75.6 cm³/mol. The number of carbonyl (C=O) groups excluding carboxylic acids is 1. The van der Waals surface area contributed by atoms with Crippen molar-refractivity contribution >= 4 is 23.2 Å². The summed E-state index contributed by atoms with van der Waals surface area (Å²) in [5.41, 5.74) is -0.138. The molecule has 1 atom stereocenters. The first-order valence-electron chi connectivity index (χ1n) is 6.46. The molecule has 114 valence electrons. The third-order valence-corrected chi connectivity index (χ3v) is 3.41. The highest BCUT2D eigenvalue weighted by Crippen LogP contribution is 2.29. The van der Waals surface area contributed by atoms with Gasteiger partial charge in [0.2, 0.25) is 0 Å². The number of ether oxygens (including phenoxy) is 2. The summed E-state index contributed by atoms with van der Waals surface area (Å²) in [6.07, 6.45) is -0.775.